The number of methoxy groups -OCH3 is 1. The molecule has 0 amide bonds. The lowest BCUT2D eigenvalue weighted by Gasteiger charge is -2.57. The number of nitrogens with zero attached hydrogens (tertiary/aromatic N) is 1. The highest BCUT2D eigenvalue weighted by Gasteiger charge is 2.51. The van der Waals surface area contributed by atoms with E-state index in [0.29, 0.717) is 18.2 Å². The average Bonchev–Trinajstić information content (AvgIpc) is 2.48. The van der Waals surface area contributed by atoms with Crippen molar-refractivity contribution in [3.63, 3.8) is 0 Å². The molecule has 0 aromatic heterocycles. The third-order valence-corrected chi connectivity index (χ3v) is 5.26. The minimum absolute atomic E-state index is 0.271. The molecule has 1 aliphatic carbocycles. The van der Waals surface area contributed by atoms with Crippen molar-refractivity contribution in [3.05, 3.63) is 35.9 Å². The molecule has 3 rings (SSSR count). The van der Waals surface area contributed by atoms with E-state index in [9.17, 15) is 0 Å². The number of ether oxygens (including phenoxy) is 1. The van der Waals surface area contributed by atoms with E-state index in [1.807, 2.05) is 7.11 Å². The number of piperazine rings is 1. The van der Waals surface area contributed by atoms with E-state index in [4.69, 9.17) is 4.74 Å². The molecule has 0 bridgehead atoms. The van der Waals surface area contributed by atoms with Gasteiger partial charge in [0.2, 0.25) is 0 Å². The number of benzene rings is 1. The van der Waals surface area contributed by atoms with Crippen LogP contribution in [0.4, 0.5) is 0 Å². The van der Waals surface area contributed by atoms with Gasteiger partial charge in [0.1, 0.15) is 0 Å². The van der Waals surface area contributed by atoms with Crippen LogP contribution in [0.5, 0.6) is 0 Å². The lowest BCUT2D eigenvalue weighted by atomic mass is 9.63. The van der Waals surface area contributed by atoms with E-state index in [1.165, 1.54) is 12.0 Å². The van der Waals surface area contributed by atoms with Crippen LogP contribution in [0.3, 0.4) is 0 Å². The Bertz CT molecular complexity index is 446. The van der Waals surface area contributed by atoms with E-state index >= 15 is 0 Å². The maximum absolute atomic E-state index is 5.59. The number of hydrogen-bond acceptors (Lipinski definition) is 3. The molecule has 1 aromatic carbocycles. The first kappa shape index (κ1) is 14.1. The van der Waals surface area contributed by atoms with E-state index < -0.39 is 0 Å². The lowest BCUT2D eigenvalue weighted by molar-refractivity contribution is -0.142. The van der Waals surface area contributed by atoms with Gasteiger partial charge in [0.25, 0.3) is 0 Å². The fraction of sp³-hybridized carbons (Fsp3) is 0.647. The molecule has 2 fully saturated rings. The Kier molecular flexibility index (Phi) is 3.85. The van der Waals surface area contributed by atoms with E-state index in [0.717, 1.165) is 19.6 Å². The Balaban J connectivity index is 1.68. The molecule has 1 N–H and O–H groups in total. The van der Waals surface area contributed by atoms with Crippen LogP contribution < -0.4 is 5.32 Å². The summed E-state index contributed by atoms with van der Waals surface area (Å²) in [6.45, 7) is 8.01. The number of rotatable bonds is 3. The molecular weight excluding hydrogens is 248 g/mol. The summed E-state index contributed by atoms with van der Waals surface area (Å²) in [5.74, 6) is 0. The van der Waals surface area contributed by atoms with Crippen molar-refractivity contribution in [1.82, 2.24) is 10.2 Å². The van der Waals surface area contributed by atoms with Crippen LogP contribution in [0.1, 0.15) is 31.9 Å². The quantitative estimate of drug-likeness (QED) is 0.916. The summed E-state index contributed by atoms with van der Waals surface area (Å²) >= 11 is 0. The van der Waals surface area contributed by atoms with Gasteiger partial charge in [0.15, 0.2) is 0 Å². The first-order valence-electron chi connectivity index (χ1n) is 7.68. The van der Waals surface area contributed by atoms with Gasteiger partial charge in [-0.25, -0.2) is 0 Å². The van der Waals surface area contributed by atoms with Crippen molar-refractivity contribution in [3.8, 4) is 0 Å². The highest BCUT2D eigenvalue weighted by Crippen LogP contribution is 2.46. The summed E-state index contributed by atoms with van der Waals surface area (Å²) in [4.78, 5) is 2.66. The highest BCUT2D eigenvalue weighted by molar-refractivity contribution is 5.20. The second-order valence-electron chi connectivity index (χ2n) is 6.71. The molecule has 1 saturated heterocycles. The van der Waals surface area contributed by atoms with Gasteiger partial charge in [0, 0.05) is 44.2 Å². The fourth-order valence-electron chi connectivity index (χ4n) is 3.85. The predicted octanol–water partition coefficient (Wildman–Crippen LogP) is 2.45. The highest BCUT2D eigenvalue weighted by atomic mass is 16.5. The second-order valence-corrected chi connectivity index (χ2v) is 6.71. The summed E-state index contributed by atoms with van der Waals surface area (Å²) in [7, 11) is 1.84. The zero-order chi connectivity index (χ0) is 14.2. The van der Waals surface area contributed by atoms with Crippen LogP contribution in [0, 0.1) is 5.41 Å². The predicted molar refractivity (Wildman–Crippen MR) is 81.7 cm³/mol. The normalized spacial score (nSPS) is 33.6. The zero-order valence-electron chi connectivity index (χ0n) is 12.8. The molecule has 110 valence electrons. The van der Waals surface area contributed by atoms with Crippen LogP contribution in [0.25, 0.3) is 0 Å². The molecule has 1 saturated carbocycles. The molecule has 3 unspecified atom stereocenters. The molecule has 1 aromatic rings. The van der Waals surface area contributed by atoms with Crippen molar-refractivity contribution in [2.75, 3.05) is 26.7 Å². The first-order chi connectivity index (χ1) is 9.63. The molecule has 1 aliphatic heterocycles. The summed E-state index contributed by atoms with van der Waals surface area (Å²) in [6, 6.07) is 11.9. The molecule has 3 heteroatoms. The molecule has 0 radical (unpaired) electrons. The standard InChI is InChI=1S/C17H26N2O/c1-17(2)15(11-16(17)20-3)19-10-9-18-14(12-19)13-7-5-4-6-8-13/h4-8,14-16,18H,9-12H2,1-3H3. The second kappa shape index (κ2) is 5.47. The van der Waals surface area contributed by atoms with Gasteiger partial charge in [-0.1, -0.05) is 44.2 Å². The van der Waals surface area contributed by atoms with Crippen LogP contribution in [0.15, 0.2) is 30.3 Å². The van der Waals surface area contributed by atoms with Crippen LogP contribution in [0.2, 0.25) is 0 Å². The van der Waals surface area contributed by atoms with Crippen LogP contribution in [-0.4, -0.2) is 43.8 Å². The van der Waals surface area contributed by atoms with Gasteiger partial charge in [-0.2, -0.15) is 0 Å². The molecule has 20 heavy (non-hydrogen) atoms. The smallest absolute Gasteiger partial charge is 0.0652 e. The zero-order valence-corrected chi connectivity index (χ0v) is 12.8. The van der Waals surface area contributed by atoms with E-state index in [2.05, 4.69) is 54.4 Å². The largest absolute Gasteiger partial charge is 0.381 e. The van der Waals surface area contributed by atoms with Gasteiger partial charge in [-0.3, -0.25) is 4.90 Å². The van der Waals surface area contributed by atoms with Gasteiger partial charge in [-0.05, 0) is 12.0 Å². The molecule has 1 heterocycles. The number of hydrogen-bond donors (Lipinski definition) is 1. The van der Waals surface area contributed by atoms with E-state index in [1.54, 1.807) is 0 Å². The Hall–Kier alpha value is -0.900. The Labute approximate surface area is 122 Å². The molecule has 3 nitrogen and oxygen atoms in total. The monoisotopic (exact) mass is 274 g/mol. The average molecular weight is 274 g/mol. The van der Waals surface area contributed by atoms with Crippen molar-refractivity contribution in [2.24, 2.45) is 5.41 Å². The molecule has 2 aliphatic rings. The van der Waals surface area contributed by atoms with Crippen LogP contribution >= 0.6 is 0 Å². The van der Waals surface area contributed by atoms with Gasteiger partial charge < -0.3 is 10.1 Å². The third-order valence-electron chi connectivity index (χ3n) is 5.26. The van der Waals surface area contributed by atoms with Crippen LogP contribution in [-0.2, 0) is 4.74 Å². The Morgan fingerprint density at radius 1 is 1.25 bits per heavy atom. The van der Waals surface area contributed by atoms with Crippen molar-refractivity contribution >= 4 is 0 Å². The van der Waals surface area contributed by atoms with Crippen molar-refractivity contribution < 1.29 is 4.74 Å². The fourth-order valence-corrected chi connectivity index (χ4v) is 3.85. The summed E-state index contributed by atoms with van der Waals surface area (Å²) in [6.07, 6.45) is 1.59. The third kappa shape index (κ3) is 2.39. The summed E-state index contributed by atoms with van der Waals surface area (Å²) in [5.41, 5.74) is 1.67. The van der Waals surface area contributed by atoms with Gasteiger partial charge in [0.05, 0.1) is 6.10 Å². The lowest BCUT2D eigenvalue weighted by Crippen LogP contribution is -2.64. The van der Waals surface area contributed by atoms with E-state index in [-0.39, 0.29) is 5.41 Å². The number of nitrogens with one attached hydrogen (secondary N) is 1. The molecule has 0 spiro atoms. The minimum Gasteiger partial charge on any atom is -0.381 e. The Morgan fingerprint density at radius 3 is 2.65 bits per heavy atom. The van der Waals surface area contributed by atoms with Gasteiger partial charge >= 0.3 is 0 Å². The maximum atomic E-state index is 5.59. The summed E-state index contributed by atoms with van der Waals surface area (Å²) in [5, 5.41) is 3.65. The Morgan fingerprint density at radius 2 is 2.00 bits per heavy atom. The SMILES string of the molecule is COC1CC(N2CCNC(c3ccccc3)C2)C1(C)C. The summed E-state index contributed by atoms with van der Waals surface area (Å²) < 4.78 is 5.59. The van der Waals surface area contributed by atoms with Crippen molar-refractivity contribution in [1.29, 1.82) is 0 Å². The van der Waals surface area contributed by atoms with Gasteiger partial charge in [-0.15, -0.1) is 0 Å². The molecular formula is C17H26N2O. The molecule has 3 atom stereocenters. The first-order valence-corrected chi connectivity index (χ1v) is 7.68. The van der Waals surface area contributed by atoms with Crippen molar-refractivity contribution in [2.45, 2.75) is 38.5 Å². The topological polar surface area (TPSA) is 24.5 Å². The minimum atomic E-state index is 0.271. The maximum Gasteiger partial charge on any atom is 0.0652 e.